The second-order valence-corrected chi connectivity index (χ2v) is 9.22. The molecule has 1 amide bonds. The predicted octanol–water partition coefficient (Wildman–Crippen LogP) is 2.69. The number of anilines is 2. The molecule has 9 nitrogen and oxygen atoms in total. The molecule has 1 saturated carbocycles. The van der Waals surface area contributed by atoms with Gasteiger partial charge < -0.3 is 26.6 Å². The third-order valence-electron chi connectivity index (χ3n) is 6.69. The first-order valence-electron chi connectivity index (χ1n) is 11.4. The second-order valence-electron chi connectivity index (χ2n) is 9.22. The summed E-state index contributed by atoms with van der Waals surface area (Å²) in [6, 6.07) is 10.8. The first kappa shape index (κ1) is 22.4. The minimum atomic E-state index is -1.10. The van der Waals surface area contributed by atoms with Crippen LogP contribution in [-0.2, 0) is 4.74 Å². The van der Waals surface area contributed by atoms with Crippen molar-refractivity contribution in [3.63, 3.8) is 0 Å². The van der Waals surface area contributed by atoms with E-state index in [0.29, 0.717) is 23.7 Å². The molecule has 0 spiro atoms. The van der Waals surface area contributed by atoms with Crippen LogP contribution in [0.15, 0.2) is 55.0 Å². The van der Waals surface area contributed by atoms with Crippen molar-refractivity contribution in [1.29, 1.82) is 0 Å². The Morgan fingerprint density at radius 2 is 1.97 bits per heavy atom. The number of benzene rings is 1. The van der Waals surface area contributed by atoms with E-state index in [4.69, 9.17) is 16.2 Å². The maximum absolute atomic E-state index is 13.2. The van der Waals surface area contributed by atoms with E-state index in [2.05, 4.69) is 20.3 Å². The van der Waals surface area contributed by atoms with Crippen LogP contribution in [0.1, 0.15) is 48.3 Å². The molecular formula is C25H28N6O3. The topological polar surface area (TPSA) is 149 Å². The van der Waals surface area contributed by atoms with Gasteiger partial charge in [0.1, 0.15) is 5.60 Å². The number of nitrogen functional groups attached to an aromatic ring is 1. The van der Waals surface area contributed by atoms with Gasteiger partial charge in [-0.1, -0.05) is 30.3 Å². The smallest absolute Gasteiger partial charge is 0.278 e. The van der Waals surface area contributed by atoms with Crippen molar-refractivity contribution < 1.29 is 14.6 Å². The third kappa shape index (κ3) is 4.25. The van der Waals surface area contributed by atoms with E-state index in [1.165, 1.54) is 6.20 Å². The number of pyridine rings is 1. The Hall–Kier alpha value is -3.40. The number of nitrogens with zero attached hydrogens (tertiary/aromatic N) is 3. The van der Waals surface area contributed by atoms with Crippen molar-refractivity contribution in [2.75, 3.05) is 11.1 Å². The van der Waals surface area contributed by atoms with Gasteiger partial charge in [0.05, 0.1) is 36.0 Å². The van der Waals surface area contributed by atoms with Gasteiger partial charge in [0, 0.05) is 23.4 Å². The number of carbonyl (C=O) groups excluding carboxylic acids is 1. The molecule has 176 valence electrons. The highest BCUT2D eigenvalue weighted by atomic mass is 16.5. The Bertz CT molecular complexity index is 1200. The molecule has 1 unspecified atom stereocenters. The summed E-state index contributed by atoms with van der Waals surface area (Å²) in [5, 5.41) is 13.8. The van der Waals surface area contributed by atoms with Gasteiger partial charge in [-0.2, -0.15) is 0 Å². The normalized spacial score (nSPS) is 26.7. The van der Waals surface area contributed by atoms with Crippen LogP contribution in [0.3, 0.4) is 0 Å². The molecule has 1 aliphatic carbocycles. The molecule has 1 aromatic carbocycles. The highest BCUT2D eigenvalue weighted by Crippen LogP contribution is 2.47. The number of aliphatic hydroxyl groups is 1. The van der Waals surface area contributed by atoms with E-state index in [1.807, 2.05) is 30.3 Å². The molecule has 9 heteroatoms. The van der Waals surface area contributed by atoms with Gasteiger partial charge in [-0.05, 0) is 38.2 Å². The minimum absolute atomic E-state index is 0.0243. The van der Waals surface area contributed by atoms with E-state index < -0.39 is 23.7 Å². The Balaban J connectivity index is 1.41. The highest BCUT2D eigenvalue weighted by Gasteiger charge is 2.52. The molecule has 0 bridgehead atoms. The van der Waals surface area contributed by atoms with Crippen LogP contribution >= 0.6 is 0 Å². The molecule has 3 heterocycles. The zero-order valence-electron chi connectivity index (χ0n) is 18.9. The zero-order valence-corrected chi connectivity index (χ0v) is 18.9. The van der Waals surface area contributed by atoms with Crippen LogP contribution in [0.2, 0.25) is 0 Å². The maximum atomic E-state index is 13.2. The largest absolute Gasteiger partial charge is 0.386 e. The summed E-state index contributed by atoms with van der Waals surface area (Å²) in [5.41, 5.74) is 13.9. The molecular weight excluding hydrogens is 432 g/mol. The fourth-order valence-electron chi connectivity index (χ4n) is 4.52. The fraction of sp³-hybridized carbons (Fsp3) is 0.360. The number of nitrogens with one attached hydrogen (secondary N) is 1. The third-order valence-corrected chi connectivity index (χ3v) is 6.69. The van der Waals surface area contributed by atoms with Crippen molar-refractivity contribution in [2.24, 2.45) is 11.7 Å². The molecule has 0 radical (unpaired) electrons. The number of ether oxygens (including phenoxy) is 1. The van der Waals surface area contributed by atoms with Crippen LogP contribution in [-0.4, -0.2) is 43.7 Å². The van der Waals surface area contributed by atoms with Crippen molar-refractivity contribution in [1.82, 2.24) is 15.0 Å². The summed E-state index contributed by atoms with van der Waals surface area (Å²) in [4.78, 5) is 26.0. The summed E-state index contributed by atoms with van der Waals surface area (Å²) in [6.07, 6.45) is 6.42. The lowest BCUT2D eigenvalue weighted by molar-refractivity contribution is -0.186. The molecule has 6 N–H and O–H groups in total. The standard InChI is InChI=1S/C25H28N6O3/c1-25(33)20(26)11-19(34-22(25)15-7-8-15)16-9-10-28-12-18(16)31-24(32)21-23(27)29-13-17(30-21)14-5-3-2-4-6-14/h2-6,9-10,12-13,15,19-20,22,33H,7-8,11,26H2,1H3,(H2,27,29)(H,31,32)/t19-,20-,22?,25-/m0/s1. The van der Waals surface area contributed by atoms with Crippen LogP contribution in [0.4, 0.5) is 11.5 Å². The maximum Gasteiger partial charge on any atom is 0.278 e. The predicted molar refractivity (Wildman–Crippen MR) is 128 cm³/mol. The first-order chi connectivity index (χ1) is 16.3. The van der Waals surface area contributed by atoms with Gasteiger partial charge >= 0.3 is 0 Å². The van der Waals surface area contributed by atoms with Gasteiger partial charge in [0.25, 0.3) is 5.91 Å². The highest BCUT2D eigenvalue weighted by molar-refractivity contribution is 6.06. The zero-order chi connectivity index (χ0) is 23.9. The average molecular weight is 461 g/mol. The molecule has 2 aliphatic rings. The Kier molecular flexibility index (Phi) is 5.76. The molecule has 1 aliphatic heterocycles. The Morgan fingerprint density at radius 3 is 2.71 bits per heavy atom. The van der Waals surface area contributed by atoms with E-state index in [1.54, 1.807) is 25.4 Å². The fourth-order valence-corrected chi connectivity index (χ4v) is 4.52. The molecule has 2 aromatic heterocycles. The number of carbonyl (C=O) groups is 1. The lowest BCUT2D eigenvalue weighted by Crippen LogP contribution is -2.60. The number of rotatable bonds is 5. The van der Waals surface area contributed by atoms with Crippen molar-refractivity contribution in [3.05, 3.63) is 66.2 Å². The SMILES string of the molecule is C[C@@]1(O)C(C2CC2)O[C@H](c2ccncc2NC(=O)c2nc(-c3ccccc3)cnc2N)C[C@@H]1N. The number of hydrogen-bond donors (Lipinski definition) is 4. The van der Waals surface area contributed by atoms with E-state index >= 15 is 0 Å². The van der Waals surface area contributed by atoms with Crippen LogP contribution in [0.25, 0.3) is 11.3 Å². The van der Waals surface area contributed by atoms with Gasteiger partial charge in [-0.15, -0.1) is 0 Å². The summed E-state index contributed by atoms with van der Waals surface area (Å²) in [6.45, 7) is 1.74. The number of aromatic nitrogens is 3. The Labute approximate surface area is 197 Å². The lowest BCUT2D eigenvalue weighted by Gasteiger charge is -2.45. The van der Waals surface area contributed by atoms with E-state index in [0.717, 1.165) is 24.0 Å². The molecule has 4 atom stereocenters. The average Bonchev–Trinajstić information content (AvgIpc) is 3.67. The molecule has 5 rings (SSSR count). The van der Waals surface area contributed by atoms with Crippen LogP contribution < -0.4 is 16.8 Å². The molecule has 2 fully saturated rings. The van der Waals surface area contributed by atoms with E-state index in [-0.39, 0.29) is 17.6 Å². The first-order valence-corrected chi connectivity index (χ1v) is 11.4. The van der Waals surface area contributed by atoms with E-state index in [9.17, 15) is 9.90 Å². The summed E-state index contributed by atoms with van der Waals surface area (Å²) < 4.78 is 6.35. The van der Waals surface area contributed by atoms with Gasteiger partial charge in [0.15, 0.2) is 11.5 Å². The molecule has 34 heavy (non-hydrogen) atoms. The number of amides is 1. The molecule has 3 aromatic rings. The van der Waals surface area contributed by atoms with Gasteiger partial charge in [0.2, 0.25) is 0 Å². The van der Waals surface area contributed by atoms with Crippen LogP contribution in [0.5, 0.6) is 0 Å². The van der Waals surface area contributed by atoms with Crippen LogP contribution in [0, 0.1) is 5.92 Å². The van der Waals surface area contributed by atoms with Crippen molar-refractivity contribution in [3.8, 4) is 11.3 Å². The quantitative estimate of drug-likeness (QED) is 0.454. The number of nitrogens with two attached hydrogens (primary N) is 2. The van der Waals surface area contributed by atoms with Gasteiger partial charge in [-0.3, -0.25) is 9.78 Å². The summed E-state index contributed by atoms with van der Waals surface area (Å²) in [5.74, 6) is -0.175. The summed E-state index contributed by atoms with van der Waals surface area (Å²) in [7, 11) is 0. The Morgan fingerprint density at radius 1 is 1.21 bits per heavy atom. The van der Waals surface area contributed by atoms with Crippen molar-refractivity contribution in [2.45, 2.75) is 50.0 Å². The summed E-state index contributed by atoms with van der Waals surface area (Å²) >= 11 is 0. The number of hydrogen-bond acceptors (Lipinski definition) is 8. The minimum Gasteiger partial charge on any atom is -0.386 e. The monoisotopic (exact) mass is 460 g/mol. The second kappa shape index (κ2) is 8.75. The van der Waals surface area contributed by atoms with Crippen molar-refractivity contribution >= 4 is 17.4 Å². The lowest BCUT2D eigenvalue weighted by atomic mass is 9.80. The molecule has 1 saturated heterocycles. The van der Waals surface area contributed by atoms with Gasteiger partial charge in [-0.25, -0.2) is 9.97 Å².